The van der Waals surface area contributed by atoms with Gasteiger partial charge in [-0.2, -0.15) is 0 Å². The number of benzene rings is 1. The minimum Gasteiger partial charge on any atom is -0.371 e. The highest BCUT2D eigenvalue weighted by Gasteiger charge is 2.17. The topological polar surface area (TPSA) is 32.3 Å². The first kappa shape index (κ1) is 12.9. The summed E-state index contributed by atoms with van der Waals surface area (Å²) < 4.78 is 0. The first-order chi connectivity index (χ1) is 8.68. The average Bonchev–Trinajstić information content (AvgIpc) is 2.77. The summed E-state index contributed by atoms with van der Waals surface area (Å²) in [6, 6.07) is 8.59. The molecule has 1 amide bonds. The number of hydrogen-bond donors (Lipinski definition) is 1. The van der Waals surface area contributed by atoms with Gasteiger partial charge in [0.05, 0.1) is 0 Å². The molecular weight excluding hydrogens is 224 g/mol. The molecular formula is C15H22N2O. The molecule has 3 nitrogen and oxygen atoms in total. The zero-order valence-electron chi connectivity index (χ0n) is 11.3. The largest absolute Gasteiger partial charge is 0.371 e. The number of hydrogen-bond acceptors (Lipinski definition) is 2. The van der Waals surface area contributed by atoms with E-state index in [9.17, 15) is 4.79 Å². The third kappa shape index (κ3) is 3.03. The van der Waals surface area contributed by atoms with Crippen LogP contribution >= 0.6 is 0 Å². The Bertz CT molecular complexity index is 415. The summed E-state index contributed by atoms with van der Waals surface area (Å²) in [6.07, 6.45) is 2.15. The number of fused-ring (bicyclic) bond motifs is 1. The van der Waals surface area contributed by atoms with Crippen molar-refractivity contribution in [3.8, 4) is 0 Å². The second-order valence-electron chi connectivity index (χ2n) is 5.17. The minimum absolute atomic E-state index is 0.0810. The number of nitrogens with zero attached hydrogens (tertiary/aromatic N) is 1. The molecule has 1 heterocycles. The fourth-order valence-corrected chi connectivity index (χ4v) is 2.32. The number of anilines is 1. The third-order valence-electron chi connectivity index (χ3n) is 3.41. The number of amides is 1. The molecule has 1 aromatic rings. The Morgan fingerprint density at radius 3 is 2.94 bits per heavy atom. The van der Waals surface area contributed by atoms with Gasteiger partial charge in [0.25, 0.3) is 0 Å². The standard InChI is InChI=1S/C15H22N2O/c1-12(2)15(18)16-9-5-10-17-11-8-13-6-3-4-7-14(13)17/h3-4,6-7,12H,5,8-11H2,1-2H3,(H,16,18). The first-order valence-corrected chi connectivity index (χ1v) is 6.79. The second-order valence-corrected chi connectivity index (χ2v) is 5.17. The molecule has 1 aliphatic heterocycles. The number of para-hydroxylation sites is 1. The number of nitrogens with one attached hydrogen (secondary N) is 1. The van der Waals surface area contributed by atoms with Crippen LogP contribution in [0.15, 0.2) is 24.3 Å². The maximum Gasteiger partial charge on any atom is 0.222 e. The molecule has 0 saturated heterocycles. The quantitative estimate of drug-likeness (QED) is 0.808. The lowest BCUT2D eigenvalue weighted by Crippen LogP contribution is -2.31. The summed E-state index contributed by atoms with van der Waals surface area (Å²) in [4.78, 5) is 13.8. The molecule has 0 saturated carbocycles. The van der Waals surface area contributed by atoms with Crippen LogP contribution in [0.2, 0.25) is 0 Å². The van der Waals surface area contributed by atoms with Crippen LogP contribution in [0.1, 0.15) is 25.8 Å². The van der Waals surface area contributed by atoms with Gasteiger partial charge in [-0.1, -0.05) is 32.0 Å². The molecule has 1 N–H and O–H groups in total. The molecule has 1 aromatic carbocycles. The maximum atomic E-state index is 11.4. The highest BCUT2D eigenvalue weighted by molar-refractivity contribution is 5.77. The fourth-order valence-electron chi connectivity index (χ4n) is 2.32. The molecule has 0 aliphatic carbocycles. The molecule has 1 aliphatic rings. The molecule has 0 radical (unpaired) electrons. The van der Waals surface area contributed by atoms with E-state index >= 15 is 0 Å². The lowest BCUT2D eigenvalue weighted by Gasteiger charge is -2.19. The van der Waals surface area contributed by atoms with Crippen molar-refractivity contribution in [2.24, 2.45) is 5.92 Å². The molecule has 2 rings (SSSR count). The normalized spacial score (nSPS) is 13.8. The van der Waals surface area contributed by atoms with Gasteiger partial charge in [0.15, 0.2) is 0 Å². The Balaban J connectivity index is 1.74. The molecule has 0 bridgehead atoms. The van der Waals surface area contributed by atoms with Crippen LogP contribution in [0.3, 0.4) is 0 Å². The van der Waals surface area contributed by atoms with Crippen LogP contribution in [0.5, 0.6) is 0 Å². The average molecular weight is 246 g/mol. The summed E-state index contributed by atoms with van der Waals surface area (Å²) >= 11 is 0. The smallest absolute Gasteiger partial charge is 0.222 e. The van der Waals surface area contributed by atoms with E-state index in [1.807, 2.05) is 13.8 Å². The lowest BCUT2D eigenvalue weighted by atomic mass is 10.2. The van der Waals surface area contributed by atoms with Crippen LogP contribution in [-0.4, -0.2) is 25.5 Å². The Morgan fingerprint density at radius 2 is 2.17 bits per heavy atom. The van der Waals surface area contributed by atoms with Gasteiger partial charge in [-0.05, 0) is 24.5 Å². The van der Waals surface area contributed by atoms with Crippen molar-refractivity contribution in [3.63, 3.8) is 0 Å². The zero-order valence-corrected chi connectivity index (χ0v) is 11.3. The van der Waals surface area contributed by atoms with Crippen LogP contribution in [-0.2, 0) is 11.2 Å². The molecule has 0 atom stereocenters. The summed E-state index contributed by atoms with van der Waals surface area (Å²) in [5, 5.41) is 2.96. The summed E-state index contributed by atoms with van der Waals surface area (Å²) in [6.45, 7) is 6.75. The third-order valence-corrected chi connectivity index (χ3v) is 3.41. The van der Waals surface area contributed by atoms with Crippen LogP contribution < -0.4 is 10.2 Å². The van der Waals surface area contributed by atoms with Crippen LogP contribution in [0.4, 0.5) is 5.69 Å². The van der Waals surface area contributed by atoms with Crippen LogP contribution in [0.25, 0.3) is 0 Å². The van der Waals surface area contributed by atoms with Gasteiger partial charge in [-0.25, -0.2) is 0 Å². The van der Waals surface area contributed by atoms with Crippen molar-refractivity contribution in [1.82, 2.24) is 5.32 Å². The van der Waals surface area contributed by atoms with E-state index in [0.717, 1.165) is 32.5 Å². The molecule has 18 heavy (non-hydrogen) atoms. The van der Waals surface area contributed by atoms with Gasteiger partial charge in [-0.15, -0.1) is 0 Å². The van der Waals surface area contributed by atoms with Gasteiger partial charge < -0.3 is 10.2 Å². The minimum atomic E-state index is 0.0810. The van der Waals surface area contributed by atoms with E-state index in [4.69, 9.17) is 0 Å². The zero-order chi connectivity index (χ0) is 13.0. The maximum absolute atomic E-state index is 11.4. The fraction of sp³-hybridized carbons (Fsp3) is 0.533. The SMILES string of the molecule is CC(C)C(=O)NCCCN1CCc2ccccc21. The van der Waals surface area contributed by atoms with Crippen molar-refractivity contribution >= 4 is 11.6 Å². The highest BCUT2D eigenvalue weighted by Crippen LogP contribution is 2.27. The van der Waals surface area contributed by atoms with Crippen molar-refractivity contribution in [3.05, 3.63) is 29.8 Å². The molecule has 98 valence electrons. The Hall–Kier alpha value is -1.51. The van der Waals surface area contributed by atoms with E-state index in [1.54, 1.807) is 0 Å². The molecule has 0 aromatic heterocycles. The summed E-state index contributed by atoms with van der Waals surface area (Å²) in [5.41, 5.74) is 2.82. The van der Waals surface area contributed by atoms with Crippen molar-refractivity contribution in [1.29, 1.82) is 0 Å². The monoisotopic (exact) mass is 246 g/mol. The van der Waals surface area contributed by atoms with E-state index in [2.05, 4.69) is 34.5 Å². The van der Waals surface area contributed by atoms with Gasteiger partial charge in [0.2, 0.25) is 5.91 Å². The summed E-state index contributed by atoms with van der Waals surface area (Å²) in [5.74, 6) is 0.231. The molecule has 3 heteroatoms. The highest BCUT2D eigenvalue weighted by atomic mass is 16.1. The predicted octanol–water partition coefficient (Wildman–Crippen LogP) is 2.21. The number of carbonyl (C=O) groups excluding carboxylic acids is 1. The van der Waals surface area contributed by atoms with Crippen LogP contribution in [0, 0.1) is 5.92 Å². The van der Waals surface area contributed by atoms with E-state index in [0.29, 0.717) is 0 Å². The molecule has 0 unspecified atom stereocenters. The summed E-state index contributed by atoms with van der Waals surface area (Å²) in [7, 11) is 0. The van der Waals surface area contributed by atoms with E-state index in [-0.39, 0.29) is 11.8 Å². The number of carbonyl (C=O) groups is 1. The Labute approximate surface area is 109 Å². The number of rotatable bonds is 5. The van der Waals surface area contributed by atoms with E-state index in [1.165, 1.54) is 11.3 Å². The second kappa shape index (κ2) is 5.89. The Morgan fingerprint density at radius 1 is 1.39 bits per heavy atom. The first-order valence-electron chi connectivity index (χ1n) is 6.79. The predicted molar refractivity (Wildman–Crippen MR) is 74.8 cm³/mol. The van der Waals surface area contributed by atoms with E-state index < -0.39 is 0 Å². The van der Waals surface area contributed by atoms with Gasteiger partial charge in [0, 0.05) is 31.2 Å². The molecule has 0 spiro atoms. The van der Waals surface area contributed by atoms with Gasteiger partial charge in [0.1, 0.15) is 0 Å². The van der Waals surface area contributed by atoms with Crippen molar-refractivity contribution < 1.29 is 4.79 Å². The molecule has 0 fully saturated rings. The lowest BCUT2D eigenvalue weighted by molar-refractivity contribution is -0.123. The van der Waals surface area contributed by atoms with Crippen molar-refractivity contribution in [2.75, 3.05) is 24.5 Å². The van der Waals surface area contributed by atoms with Gasteiger partial charge in [-0.3, -0.25) is 4.79 Å². The van der Waals surface area contributed by atoms with Crippen molar-refractivity contribution in [2.45, 2.75) is 26.7 Å². The van der Waals surface area contributed by atoms with Gasteiger partial charge >= 0.3 is 0 Å². The Kier molecular flexibility index (Phi) is 4.24.